The number of carbonyl (C=O) groups is 1. The van der Waals surface area contributed by atoms with Crippen molar-refractivity contribution in [2.75, 3.05) is 39.4 Å². The van der Waals surface area contributed by atoms with Crippen molar-refractivity contribution in [2.24, 2.45) is 5.41 Å². The summed E-state index contributed by atoms with van der Waals surface area (Å²) >= 11 is 0. The van der Waals surface area contributed by atoms with Crippen LogP contribution in [0.1, 0.15) is 25.3 Å². The highest BCUT2D eigenvalue weighted by molar-refractivity contribution is 5.75. The van der Waals surface area contributed by atoms with E-state index < -0.39 is 0 Å². The number of benzene rings is 1. The van der Waals surface area contributed by atoms with Gasteiger partial charge in [-0.05, 0) is 11.0 Å². The lowest BCUT2D eigenvalue weighted by molar-refractivity contribution is 0.0445. The van der Waals surface area contributed by atoms with Crippen LogP contribution in [0.2, 0.25) is 0 Å². The fourth-order valence-corrected chi connectivity index (χ4v) is 3.48. The van der Waals surface area contributed by atoms with Gasteiger partial charge in [-0.1, -0.05) is 44.2 Å². The average molecular weight is 288 g/mol. The fraction of sp³-hybridized carbons (Fsp3) is 0.588. The van der Waals surface area contributed by atoms with Crippen LogP contribution in [0, 0.1) is 5.41 Å². The van der Waals surface area contributed by atoms with Crippen molar-refractivity contribution in [3.8, 4) is 0 Å². The van der Waals surface area contributed by atoms with Gasteiger partial charge < -0.3 is 14.5 Å². The molecule has 0 saturated carbocycles. The number of amides is 2. The van der Waals surface area contributed by atoms with Crippen LogP contribution in [0.3, 0.4) is 0 Å². The Balaban J connectivity index is 1.74. The molecule has 0 unspecified atom stereocenters. The SMILES string of the molecule is CC1(C)CN(C(=O)N2CCOCC2)C[C@H]1c1ccccc1. The monoisotopic (exact) mass is 288 g/mol. The summed E-state index contributed by atoms with van der Waals surface area (Å²) in [7, 11) is 0. The molecular formula is C17H24N2O2. The summed E-state index contributed by atoms with van der Waals surface area (Å²) < 4.78 is 5.33. The Morgan fingerprint density at radius 3 is 2.48 bits per heavy atom. The zero-order chi connectivity index (χ0) is 14.9. The van der Waals surface area contributed by atoms with Crippen LogP contribution in [0.5, 0.6) is 0 Å². The molecule has 4 heteroatoms. The highest BCUT2D eigenvalue weighted by Crippen LogP contribution is 2.42. The molecule has 2 fully saturated rings. The number of likely N-dealkylation sites (tertiary alicyclic amines) is 1. The fourth-order valence-electron chi connectivity index (χ4n) is 3.48. The van der Waals surface area contributed by atoms with E-state index in [2.05, 4.69) is 38.1 Å². The number of nitrogens with zero attached hydrogens (tertiary/aromatic N) is 2. The molecule has 2 aliphatic rings. The van der Waals surface area contributed by atoms with Gasteiger partial charge in [0.25, 0.3) is 0 Å². The Labute approximate surface area is 126 Å². The molecule has 2 heterocycles. The molecule has 3 rings (SSSR count). The smallest absolute Gasteiger partial charge is 0.320 e. The minimum absolute atomic E-state index is 0.114. The second-order valence-corrected chi connectivity index (χ2v) is 6.71. The van der Waals surface area contributed by atoms with E-state index in [1.54, 1.807) is 0 Å². The standard InChI is InChI=1S/C17H24N2O2/c1-17(2)13-19(16(20)18-8-10-21-11-9-18)12-15(17)14-6-4-3-5-7-14/h3-7,15H,8-13H2,1-2H3/t15-/m0/s1. The Bertz CT molecular complexity index is 495. The van der Waals surface area contributed by atoms with Crippen LogP contribution in [0.4, 0.5) is 4.79 Å². The number of ether oxygens (including phenoxy) is 1. The maximum Gasteiger partial charge on any atom is 0.320 e. The zero-order valence-electron chi connectivity index (χ0n) is 12.9. The van der Waals surface area contributed by atoms with Gasteiger partial charge in [-0.15, -0.1) is 0 Å². The van der Waals surface area contributed by atoms with Crippen molar-refractivity contribution < 1.29 is 9.53 Å². The average Bonchev–Trinajstić information content (AvgIpc) is 2.84. The third kappa shape index (κ3) is 2.91. The van der Waals surface area contributed by atoms with E-state index in [1.165, 1.54) is 5.56 Å². The normalized spacial score (nSPS) is 25.1. The van der Waals surface area contributed by atoms with E-state index in [0.29, 0.717) is 32.2 Å². The molecule has 114 valence electrons. The van der Waals surface area contributed by atoms with Crippen molar-refractivity contribution in [3.05, 3.63) is 35.9 Å². The second kappa shape index (κ2) is 5.68. The predicted molar refractivity (Wildman–Crippen MR) is 82.3 cm³/mol. The topological polar surface area (TPSA) is 32.8 Å². The van der Waals surface area contributed by atoms with Gasteiger partial charge in [0.2, 0.25) is 0 Å². The number of hydrogen-bond acceptors (Lipinski definition) is 2. The Morgan fingerprint density at radius 2 is 1.81 bits per heavy atom. The minimum Gasteiger partial charge on any atom is -0.378 e. The van der Waals surface area contributed by atoms with Crippen LogP contribution in [0.15, 0.2) is 30.3 Å². The molecule has 1 atom stereocenters. The van der Waals surface area contributed by atoms with Gasteiger partial charge in [0.05, 0.1) is 13.2 Å². The van der Waals surface area contributed by atoms with Crippen LogP contribution in [-0.2, 0) is 4.74 Å². The maximum atomic E-state index is 12.7. The van der Waals surface area contributed by atoms with E-state index >= 15 is 0 Å². The highest BCUT2D eigenvalue weighted by atomic mass is 16.5. The molecule has 2 saturated heterocycles. The Hall–Kier alpha value is -1.55. The van der Waals surface area contributed by atoms with Crippen molar-refractivity contribution in [1.82, 2.24) is 9.80 Å². The number of morpholine rings is 1. The van der Waals surface area contributed by atoms with Crippen molar-refractivity contribution in [3.63, 3.8) is 0 Å². The van der Waals surface area contributed by atoms with Crippen LogP contribution in [-0.4, -0.2) is 55.2 Å². The highest BCUT2D eigenvalue weighted by Gasteiger charge is 2.43. The molecule has 2 aliphatic heterocycles. The molecule has 1 aromatic rings. The van der Waals surface area contributed by atoms with E-state index in [0.717, 1.165) is 13.1 Å². The summed E-state index contributed by atoms with van der Waals surface area (Å²) in [6.07, 6.45) is 0. The first-order chi connectivity index (χ1) is 10.1. The second-order valence-electron chi connectivity index (χ2n) is 6.71. The van der Waals surface area contributed by atoms with Gasteiger partial charge in [-0.25, -0.2) is 4.79 Å². The summed E-state index contributed by atoms with van der Waals surface area (Å²) in [6.45, 7) is 8.90. The molecule has 4 nitrogen and oxygen atoms in total. The van der Waals surface area contributed by atoms with Gasteiger partial charge >= 0.3 is 6.03 Å². The summed E-state index contributed by atoms with van der Waals surface area (Å²) in [6, 6.07) is 10.7. The molecule has 1 aromatic carbocycles. The first-order valence-electron chi connectivity index (χ1n) is 7.74. The van der Waals surface area contributed by atoms with E-state index in [9.17, 15) is 4.79 Å². The van der Waals surface area contributed by atoms with Crippen molar-refractivity contribution >= 4 is 6.03 Å². The first-order valence-corrected chi connectivity index (χ1v) is 7.74. The molecule has 0 spiro atoms. The molecule has 0 radical (unpaired) electrons. The molecule has 0 aliphatic carbocycles. The Kier molecular flexibility index (Phi) is 3.89. The summed E-state index contributed by atoms with van der Waals surface area (Å²) in [5, 5.41) is 0. The third-order valence-electron chi connectivity index (χ3n) is 4.70. The lowest BCUT2D eigenvalue weighted by Crippen LogP contribution is -2.47. The lowest BCUT2D eigenvalue weighted by atomic mass is 9.78. The quantitative estimate of drug-likeness (QED) is 0.795. The van der Waals surface area contributed by atoms with Gasteiger partial charge in [-0.2, -0.15) is 0 Å². The van der Waals surface area contributed by atoms with Crippen molar-refractivity contribution in [1.29, 1.82) is 0 Å². The molecule has 21 heavy (non-hydrogen) atoms. The minimum atomic E-state index is 0.114. The van der Waals surface area contributed by atoms with Crippen LogP contribution >= 0.6 is 0 Å². The van der Waals surface area contributed by atoms with Gasteiger partial charge in [0.15, 0.2) is 0 Å². The molecule has 2 amide bonds. The summed E-state index contributed by atoms with van der Waals surface area (Å²) in [5.74, 6) is 0.406. The van der Waals surface area contributed by atoms with E-state index in [-0.39, 0.29) is 11.4 Å². The summed E-state index contributed by atoms with van der Waals surface area (Å²) in [4.78, 5) is 16.6. The van der Waals surface area contributed by atoms with E-state index in [1.807, 2.05) is 15.9 Å². The van der Waals surface area contributed by atoms with Crippen LogP contribution < -0.4 is 0 Å². The van der Waals surface area contributed by atoms with Gasteiger partial charge in [0.1, 0.15) is 0 Å². The van der Waals surface area contributed by atoms with E-state index in [4.69, 9.17) is 4.74 Å². The molecule has 0 bridgehead atoms. The predicted octanol–water partition coefficient (Wildman–Crippen LogP) is 2.56. The van der Waals surface area contributed by atoms with Gasteiger partial charge in [0, 0.05) is 32.1 Å². The van der Waals surface area contributed by atoms with Crippen molar-refractivity contribution in [2.45, 2.75) is 19.8 Å². The number of hydrogen-bond donors (Lipinski definition) is 0. The first kappa shape index (κ1) is 14.4. The van der Waals surface area contributed by atoms with Crippen LogP contribution in [0.25, 0.3) is 0 Å². The number of urea groups is 1. The summed E-state index contributed by atoms with van der Waals surface area (Å²) in [5.41, 5.74) is 1.45. The largest absolute Gasteiger partial charge is 0.378 e. The zero-order valence-corrected chi connectivity index (χ0v) is 12.9. The van der Waals surface area contributed by atoms with Gasteiger partial charge in [-0.3, -0.25) is 0 Å². The Morgan fingerprint density at radius 1 is 1.14 bits per heavy atom. The molecule has 0 aromatic heterocycles. The maximum absolute atomic E-state index is 12.7. The number of rotatable bonds is 1. The molecular weight excluding hydrogens is 264 g/mol. The lowest BCUT2D eigenvalue weighted by Gasteiger charge is -2.31. The molecule has 0 N–H and O–H groups in total. The third-order valence-corrected chi connectivity index (χ3v) is 4.70. The number of carbonyl (C=O) groups excluding carboxylic acids is 1.